The van der Waals surface area contributed by atoms with Crippen molar-refractivity contribution in [3.8, 4) is 0 Å². The normalized spacial score (nSPS) is 17.9. The third kappa shape index (κ3) is 5.81. The van der Waals surface area contributed by atoms with Crippen molar-refractivity contribution < 1.29 is 13.8 Å². The number of nitrogens with zero attached hydrogens (tertiary/aromatic N) is 4. The Morgan fingerprint density at radius 3 is 2.21 bits per heavy atom. The molecule has 0 saturated heterocycles. The maximum Gasteiger partial charge on any atom is 0.281 e. The number of hydrazone groups is 1. The Labute approximate surface area is 203 Å². The number of hydrogen-bond donors (Lipinski definition) is 3. The Hall–Kier alpha value is -3.67. The molecule has 1 aromatic heterocycles. The second-order valence-electron chi connectivity index (χ2n) is 7.33. The van der Waals surface area contributed by atoms with E-state index in [9.17, 15) is 13.8 Å². The molecule has 0 spiro atoms. The van der Waals surface area contributed by atoms with Crippen molar-refractivity contribution in [1.82, 2.24) is 15.0 Å². The number of nitrogens with one attached hydrogen (secondary N) is 1. The molecule has 12 heteroatoms. The van der Waals surface area contributed by atoms with E-state index < -0.39 is 28.3 Å². The summed E-state index contributed by atoms with van der Waals surface area (Å²) in [6, 6.07) is 14.7. The zero-order chi connectivity index (χ0) is 24.9. The molecule has 176 valence electrons. The molecule has 2 amide bonds. The number of aromatic nitrogens is 2. The third-order valence-corrected chi connectivity index (χ3v) is 6.09. The molecule has 3 aromatic rings. The van der Waals surface area contributed by atoms with Crippen LogP contribution in [0.15, 0.2) is 77.0 Å². The summed E-state index contributed by atoms with van der Waals surface area (Å²) in [4.78, 5) is 32.5. The first-order valence-electron chi connectivity index (χ1n) is 9.89. The quantitative estimate of drug-likeness (QED) is 0.367. The zero-order valence-electron chi connectivity index (χ0n) is 18.3. The zero-order valence-corrected chi connectivity index (χ0v) is 19.9. The van der Waals surface area contributed by atoms with E-state index in [1.54, 1.807) is 61.8 Å². The van der Waals surface area contributed by atoms with Gasteiger partial charge in [0.05, 0.1) is 10.6 Å². The van der Waals surface area contributed by atoms with Crippen LogP contribution in [0.5, 0.6) is 0 Å². The fourth-order valence-electron chi connectivity index (χ4n) is 2.61. The molecule has 1 aliphatic heterocycles. The Kier molecular flexibility index (Phi) is 7.72. The highest BCUT2D eigenvalue weighted by Crippen LogP contribution is 2.20. The molecular weight excluding hydrogens is 478 g/mol. The number of halogens is 1. The van der Waals surface area contributed by atoms with Crippen molar-refractivity contribution >= 4 is 51.7 Å². The lowest BCUT2D eigenvalue weighted by Crippen LogP contribution is -2.51. The molecule has 1 aliphatic rings. The summed E-state index contributed by atoms with van der Waals surface area (Å²) in [5.74, 6) is -0.706. The minimum atomic E-state index is -1.37. The maximum atomic E-state index is 12.1. The van der Waals surface area contributed by atoms with Gasteiger partial charge in [-0.2, -0.15) is 10.1 Å². The molecule has 0 saturated carbocycles. The minimum Gasteiger partial charge on any atom is -0.399 e. The van der Waals surface area contributed by atoms with Crippen LogP contribution in [-0.2, 0) is 15.8 Å². The van der Waals surface area contributed by atoms with Gasteiger partial charge in [0, 0.05) is 28.7 Å². The molecule has 0 fully saturated rings. The van der Waals surface area contributed by atoms with E-state index in [0.717, 1.165) is 5.01 Å². The highest BCUT2D eigenvalue weighted by Gasteiger charge is 2.44. The lowest BCUT2D eigenvalue weighted by Gasteiger charge is -2.17. The van der Waals surface area contributed by atoms with Crippen LogP contribution >= 0.6 is 11.6 Å². The fraction of sp³-hybridized carbons (Fsp3) is 0.136. The summed E-state index contributed by atoms with van der Waals surface area (Å²) in [6.45, 7) is 3.15. The summed E-state index contributed by atoms with van der Waals surface area (Å²) in [5.41, 5.74) is 11.5. The first-order valence-corrected chi connectivity index (χ1v) is 11.4. The van der Waals surface area contributed by atoms with E-state index in [-0.39, 0.29) is 0 Å². The van der Waals surface area contributed by atoms with E-state index in [1.165, 1.54) is 19.1 Å². The van der Waals surface area contributed by atoms with Gasteiger partial charge in [0.25, 0.3) is 11.8 Å². The first-order chi connectivity index (χ1) is 16.1. The van der Waals surface area contributed by atoms with E-state index in [4.69, 9.17) is 23.1 Å². The number of rotatable bonds is 4. The highest BCUT2D eigenvalue weighted by atomic mass is 35.5. The summed E-state index contributed by atoms with van der Waals surface area (Å²) < 4.78 is 14.5. The van der Waals surface area contributed by atoms with Crippen LogP contribution in [0, 0.1) is 0 Å². The maximum absolute atomic E-state index is 12.1. The van der Waals surface area contributed by atoms with Crippen molar-refractivity contribution in [2.75, 3.05) is 10.5 Å². The molecule has 2 atom stereocenters. The molecule has 0 aliphatic carbocycles. The van der Waals surface area contributed by atoms with Crippen molar-refractivity contribution in [3.63, 3.8) is 0 Å². The summed E-state index contributed by atoms with van der Waals surface area (Å²) >= 11 is 5.73. The van der Waals surface area contributed by atoms with Gasteiger partial charge in [-0.1, -0.05) is 11.6 Å². The van der Waals surface area contributed by atoms with Gasteiger partial charge in [0.1, 0.15) is 5.54 Å². The third-order valence-electron chi connectivity index (χ3n) is 4.77. The Bertz CT molecular complexity index is 1230. The molecule has 34 heavy (non-hydrogen) atoms. The van der Waals surface area contributed by atoms with Gasteiger partial charge in [-0.25, -0.2) is 14.2 Å². The summed E-state index contributed by atoms with van der Waals surface area (Å²) in [7, 11) is -1.37. The van der Waals surface area contributed by atoms with Crippen molar-refractivity contribution in [2.45, 2.75) is 24.3 Å². The van der Waals surface area contributed by atoms with Crippen LogP contribution in [0.4, 0.5) is 11.6 Å². The van der Waals surface area contributed by atoms with Crippen LogP contribution in [0.2, 0.25) is 5.02 Å². The van der Waals surface area contributed by atoms with Gasteiger partial charge in [-0.15, -0.1) is 0 Å². The molecule has 4 rings (SSSR count). The van der Waals surface area contributed by atoms with Crippen molar-refractivity contribution in [2.24, 2.45) is 10.8 Å². The van der Waals surface area contributed by atoms with Gasteiger partial charge in [-0.05, 0) is 68.4 Å². The van der Waals surface area contributed by atoms with Gasteiger partial charge >= 0.3 is 0 Å². The van der Waals surface area contributed by atoms with E-state index in [0.29, 0.717) is 32.8 Å². The molecular formula is C22H22ClN7O3S. The first kappa shape index (κ1) is 25.0. The van der Waals surface area contributed by atoms with Gasteiger partial charge < -0.3 is 11.5 Å². The van der Waals surface area contributed by atoms with Crippen LogP contribution in [0.3, 0.4) is 0 Å². The molecule has 5 N–H and O–H groups in total. The number of hydrogen-bond acceptors (Lipinski definition) is 8. The fourth-order valence-corrected chi connectivity index (χ4v) is 3.51. The summed E-state index contributed by atoms with van der Waals surface area (Å²) in [6.07, 6.45) is 3.16. The average Bonchev–Trinajstić information content (AvgIpc) is 3.03. The average molecular weight is 500 g/mol. The predicted molar refractivity (Wildman–Crippen MR) is 131 cm³/mol. The van der Waals surface area contributed by atoms with Crippen molar-refractivity contribution in [1.29, 1.82) is 0 Å². The van der Waals surface area contributed by atoms with Crippen LogP contribution in [0.1, 0.15) is 24.2 Å². The molecule has 2 aromatic carbocycles. The molecule has 0 radical (unpaired) electrons. The molecule has 2 heterocycles. The number of benzene rings is 2. The van der Waals surface area contributed by atoms with E-state index in [2.05, 4.69) is 19.8 Å². The van der Waals surface area contributed by atoms with E-state index in [1.807, 2.05) is 0 Å². The standard InChI is InChI=1S/C12H12ClN3O2.C10H10N4OS/c1-7-12(2,14)11(18)16(15-7)10(17)8-3-5-9(13)6-4-8;11-8-2-4-9(5-3-8)16(15)14-10-12-6-1-7-13-10/h3-6H,14H2,1-2H3;1-7H,11H2,(H,12,13,14). The van der Waals surface area contributed by atoms with Gasteiger partial charge in [-0.3, -0.25) is 14.3 Å². The van der Waals surface area contributed by atoms with Crippen LogP contribution in [0.25, 0.3) is 0 Å². The lowest BCUT2D eigenvalue weighted by molar-refractivity contribution is -0.129. The smallest absolute Gasteiger partial charge is 0.281 e. The van der Waals surface area contributed by atoms with Gasteiger partial charge in [0.15, 0.2) is 11.0 Å². The second kappa shape index (κ2) is 10.5. The SMILES string of the molecule is CC1=NN(C(=O)c2ccc(Cl)cc2)C(=O)C1(C)N.Nc1ccc(S(=O)Nc2ncccn2)cc1. The van der Waals surface area contributed by atoms with Crippen LogP contribution < -0.4 is 16.2 Å². The Balaban J connectivity index is 0.000000192. The Morgan fingerprint density at radius 2 is 1.68 bits per heavy atom. The monoisotopic (exact) mass is 499 g/mol. The topological polar surface area (TPSA) is 157 Å². The lowest BCUT2D eigenvalue weighted by atomic mass is 9.98. The van der Waals surface area contributed by atoms with E-state index >= 15 is 0 Å². The van der Waals surface area contributed by atoms with Crippen molar-refractivity contribution in [3.05, 3.63) is 77.6 Å². The van der Waals surface area contributed by atoms with Gasteiger partial charge in [0.2, 0.25) is 5.95 Å². The summed E-state index contributed by atoms with van der Waals surface area (Å²) in [5, 5.41) is 5.23. The number of carbonyl (C=O) groups excluding carboxylic acids is 2. The predicted octanol–water partition coefficient (Wildman–Crippen LogP) is 2.61. The number of anilines is 2. The number of amides is 2. The molecule has 2 unspecified atom stereocenters. The number of imide groups is 1. The number of nitrogens with two attached hydrogens (primary N) is 2. The highest BCUT2D eigenvalue weighted by molar-refractivity contribution is 7.86. The molecule has 10 nitrogen and oxygen atoms in total. The largest absolute Gasteiger partial charge is 0.399 e. The number of nitrogen functional groups attached to an aromatic ring is 1. The molecule has 0 bridgehead atoms. The van der Waals surface area contributed by atoms with Crippen LogP contribution in [-0.4, -0.2) is 42.3 Å². The Morgan fingerprint density at radius 1 is 1.09 bits per heavy atom. The second-order valence-corrected chi connectivity index (χ2v) is 8.98. The minimum absolute atomic E-state index is 0.331. The number of carbonyl (C=O) groups is 2.